The molecule has 0 aliphatic carbocycles. The largest absolute Gasteiger partial charge is 0.359 e. The molecule has 1 aromatic carbocycles. The summed E-state index contributed by atoms with van der Waals surface area (Å²) in [4.78, 5) is 23.8. The van der Waals surface area contributed by atoms with Crippen LogP contribution in [0.15, 0.2) is 46.0 Å². The number of carbonyl (C=O) groups excluding carboxylic acids is 2. The zero-order chi connectivity index (χ0) is 20.1. The first-order chi connectivity index (χ1) is 13.4. The second kappa shape index (κ2) is 8.78. The van der Waals surface area contributed by atoms with Gasteiger partial charge >= 0.3 is 11.8 Å². The second-order valence-electron chi connectivity index (χ2n) is 5.89. The summed E-state index contributed by atoms with van der Waals surface area (Å²) in [6.07, 6.45) is -0.888. The molecule has 0 unspecified atom stereocenters. The van der Waals surface area contributed by atoms with Gasteiger partial charge in [-0.2, -0.15) is 4.31 Å². The van der Waals surface area contributed by atoms with E-state index in [0.717, 1.165) is 15.6 Å². The van der Waals surface area contributed by atoms with Crippen LogP contribution in [0, 0.1) is 5.82 Å². The van der Waals surface area contributed by atoms with E-state index < -0.39 is 33.9 Å². The molecule has 2 amide bonds. The maximum atomic E-state index is 12.9. The molecular weight excluding hydrogens is 409 g/mol. The molecule has 1 atom stereocenters. The molecule has 0 radical (unpaired) electrons. The van der Waals surface area contributed by atoms with E-state index in [4.69, 9.17) is 4.74 Å². The van der Waals surface area contributed by atoms with Crippen molar-refractivity contribution in [2.24, 2.45) is 0 Å². The van der Waals surface area contributed by atoms with E-state index in [1.807, 2.05) is 0 Å². The molecule has 1 aliphatic rings. The zero-order valence-corrected chi connectivity index (χ0v) is 16.3. The normalized spacial score (nSPS) is 17.4. The lowest BCUT2D eigenvalue weighted by Gasteiger charge is -2.22. The van der Waals surface area contributed by atoms with Crippen LogP contribution in [-0.2, 0) is 30.9 Å². The summed E-state index contributed by atoms with van der Waals surface area (Å²) >= 11 is 1.09. The van der Waals surface area contributed by atoms with Gasteiger partial charge in [-0.1, -0.05) is 18.2 Å². The van der Waals surface area contributed by atoms with Crippen LogP contribution in [0.1, 0.15) is 5.56 Å². The monoisotopic (exact) mass is 427 g/mol. The lowest BCUT2D eigenvalue weighted by atomic mass is 10.2. The van der Waals surface area contributed by atoms with Crippen molar-refractivity contribution < 1.29 is 27.1 Å². The molecule has 2 N–H and O–H groups in total. The Morgan fingerprint density at radius 2 is 1.89 bits per heavy atom. The van der Waals surface area contributed by atoms with Gasteiger partial charge in [0.05, 0.1) is 13.2 Å². The van der Waals surface area contributed by atoms with Crippen molar-refractivity contribution in [3.63, 3.8) is 0 Å². The molecule has 1 saturated heterocycles. The highest BCUT2D eigenvalue weighted by molar-refractivity contribution is 7.91. The minimum atomic E-state index is -3.72. The fourth-order valence-corrected chi connectivity index (χ4v) is 5.22. The van der Waals surface area contributed by atoms with Crippen LogP contribution in [0.5, 0.6) is 0 Å². The van der Waals surface area contributed by atoms with Gasteiger partial charge in [0.2, 0.25) is 0 Å². The van der Waals surface area contributed by atoms with Crippen LogP contribution in [0.25, 0.3) is 0 Å². The number of amides is 2. The number of nitrogens with zero attached hydrogens (tertiary/aromatic N) is 1. The van der Waals surface area contributed by atoms with E-state index in [2.05, 4.69) is 10.6 Å². The van der Waals surface area contributed by atoms with Crippen LogP contribution in [0.4, 0.5) is 4.39 Å². The molecule has 2 heterocycles. The fraction of sp³-hybridized carbons (Fsp3) is 0.294. The number of thiophene rings is 1. The van der Waals surface area contributed by atoms with Gasteiger partial charge in [-0.25, -0.2) is 12.8 Å². The Kier molecular flexibility index (Phi) is 6.39. The van der Waals surface area contributed by atoms with Gasteiger partial charge in [0.25, 0.3) is 10.0 Å². The summed E-state index contributed by atoms with van der Waals surface area (Å²) in [6.45, 7) is 0.262. The highest BCUT2D eigenvalue weighted by atomic mass is 32.2. The molecule has 1 fully saturated rings. The number of ether oxygens (including phenoxy) is 1. The average molecular weight is 427 g/mol. The molecule has 0 saturated carbocycles. The van der Waals surface area contributed by atoms with E-state index in [1.165, 1.54) is 30.3 Å². The Morgan fingerprint density at radius 3 is 2.57 bits per heavy atom. The van der Waals surface area contributed by atoms with Crippen molar-refractivity contribution in [2.75, 3.05) is 19.7 Å². The maximum absolute atomic E-state index is 12.9. The van der Waals surface area contributed by atoms with E-state index in [9.17, 15) is 22.4 Å². The van der Waals surface area contributed by atoms with Gasteiger partial charge < -0.3 is 15.4 Å². The molecule has 0 bridgehead atoms. The van der Waals surface area contributed by atoms with Crippen molar-refractivity contribution in [2.45, 2.75) is 17.0 Å². The Hall–Kier alpha value is -2.34. The van der Waals surface area contributed by atoms with Crippen molar-refractivity contribution in [1.82, 2.24) is 14.9 Å². The third kappa shape index (κ3) is 4.73. The molecule has 150 valence electrons. The summed E-state index contributed by atoms with van der Waals surface area (Å²) in [5.74, 6) is -2.19. The van der Waals surface area contributed by atoms with Crippen molar-refractivity contribution >= 4 is 33.2 Å². The summed E-state index contributed by atoms with van der Waals surface area (Å²) in [5, 5.41) is 6.45. The Balaban J connectivity index is 1.51. The molecular formula is C17H18FN3O5S2. The van der Waals surface area contributed by atoms with Crippen molar-refractivity contribution in [3.05, 3.63) is 53.2 Å². The number of sulfonamides is 1. The first-order valence-corrected chi connectivity index (χ1v) is 10.7. The SMILES string of the molecule is O=C(NCc1ccc(F)cc1)C(=O)NC[C@H]1OCCN1S(=O)(=O)c1cccs1. The van der Waals surface area contributed by atoms with Gasteiger partial charge in [-0.05, 0) is 29.1 Å². The minimum Gasteiger partial charge on any atom is -0.359 e. The van der Waals surface area contributed by atoms with Gasteiger partial charge in [0, 0.05) is 13.1 Å². The molecule has 0 spiro atoms. The second-order valence-corrected chi connectivity index (χ2v) is 8.96. The number of nitrogens with one attached hydrogen (secondary N) is 2. The molecule has 1 aliphatic heterocycles. The summed E-state index contributed by atoms with van der Waals surface area (Å²) in [7, 11) is -3.72. The highest BCUT2D eigenvalue weighted by Crippen LogP contribution is 2.25. The Labute approximate surface area is 165 Å². The fourth-order valence-electron chi connectivity index (χ4n) is 2.59. The summed E-state index contributed by atoms with van der Waals surface area (Å²) < 4.78 is 44.8. The predicted molar refractivity (Wildman–Crippen MR) is 99.2 cm³/mol. The van der Waals surface area contributed by atoms with Crippen LogP contribution in [0.3, 0.4) is 0 Å². The van der Waals surface area contributed by atoms with Crippen molar-refractivity contribution in [3.8, 4) is 0 Å². The van der Waals surface area contributed by atoms with Crippen LogP contribution in [0.2, 0.25) is 0 Å². The number of benzene rings is 1. The molecule has 2 aromatic rings. The molecule has 3 rings (SSSR count). The number of rotatable bonds is 6. The summed E-state index contributed by atoms with van der Waals surface area (Å²) in [6, 6.07) is 8.62. The lowest BCUT2D eigenvalue weighted by Crippen LogP contribution is -2.47. The van der Waals surface area contributed by atoms with E-state index in [1.54, 1.807) is 11.4 Å². The zero-order valence-electron chi connectivity index (χ0n) is 14.6. The first-order valence-electron chi connectivity index (χ1n) is 8.35. The number of hydrogen-bond acceptors (Lipinski definition) is 6. The number of halogens is 1. The lowest BCUT2D eigenvalue weighted by molar-refractivity contribution is -0.139. The summed E-state index contributed by atoms with van der Waals surface area (Å²) in [5.41, 5.74) is 0.634. The molecule has 8 nitrogen and oxygen atoms in total. The Bertz CT molecular complexity index is 932. The molecule has 11 heteroatoms. The highest BCUT2D eigenvalue weighted by Gasteiger charge is 2.37. The standard InChI is InChI=1S/C17H18FN3O5S2/c18-13-5-3-12(4-6-13)10-19-16(22)17(23)20-11-14-21(7-8-26-14)28(24,25)15-2-1-9-27-15/h1-6,9,14H,7-8,10-11H2,(H,19,22)(H,20,23)/t14-/m1/s1. The van der Waals surface area contributed by atoms with Gasteiger partial charge in [-0.15, -0.1) is 11.3 Å². The third-order valence-electron chi connectivity index (χ3n) is 4.01. The van der Waals surface area contributed by atoms with E-state index in [0.29, 0.717) is 5.56 Å². The topological polar surface area (TPSA) is 105 Å². The maximum Gasteiger partial charge on any atom is 0.309 e. The molecule has 28 heavy (non-hydrogen) atoms. The van der Waals surface area contributed by atoms with Crippen molar-refractivity contribution in [1.29, 1.82) is 0 Å². The van der Waals surface area contributed by atoms with E-state index >= 15 is 0 Å². The van der Waals surface area contributed by atoms with Crippen LogP contribution in [-0.4, -0.2) is 50.5 Å². The molecule has 1 aromatic heterocycles. The van der Waals surface area contributed by atoms with Gasteiger partial charge in [0.1, 0.15) is 16.3 Å². The van der Waals surface area contributed by atoms with E-state index in [-0.39, 0.29) is 30.5 Å². The number of hydrogen-bond donors (Lipinski definition) is 2. The average Bonchev–Trinajstić information content (AvgIpc) is 3.37. The first kappa shape index (κ1) is 20.4. The van der Waals surface area contributed by atoms with Gasteiger partial charge in [0.15, 0.2) is 0 Å². The minimum absolute atomic E-state index is 0.0609. The number of carbonyl (C=O) groups is 2. The Morgan fingerprint density at radius 1 is 1.18 bits per heavy atom. The predicted octanol–water partition coefficient (Wildman–Crippen LogP) is 0.667. The quantitative estimate of drug-likeness (QED) is 0.660. The third-order valence-corrected chi connectivity index (χ3v) is 7.27. The smallest absolute Gasteiger partial charge is 0.309 e. The van der Waals surface area contributed by atoms with Crippen LogP contribution >= 0.6 is 11.3 Å². The van der Waals surface area contributed by atoms with Gasteiger partial charge in [-0.3, -0.25) is 9.59 Å². The van der Waals surface area contributed by atoms with Crippen LogP contribution < -0.4 is 10.6 Å².